The Morgan fingerprint density at radius 3 is 3.33 bits per heavy atom. The van der Waals surface area contributed by atoms with Crippen molar-refractivity contribution < 1.29 is 0 Å². The molecule has 0 saturated heterocycles. The van der Waals surface area contributed by atoms with Crippen LogP contribution in [0.4, 0.5) is 0 Å². The summed E-state index contributed by atoms with van der Waals surface area (Å²) in [7, 11) is 0. The van der Waals surface area contributed by atoms with Crippen LogP contribution in [0.5, 0.6) is 0 Å². The third-order valence-corrected chi connectivity index (χ3v) is 1.20. The third-order valence-electron chi connectivity index (χ3n) is 1.20. The monoisotopic (exact) mass is 122 g/mol. The van der Waals surface area contributed by atoms with Gasteiger partial charge in [-0.3, -0.25) is 0 Å². The summed E-state index contributed by atoms with van der Waals surface area (Å²) in [5, 5.41) is 3.91. The number of H-pyrrole nitrogens is 1. The average molecular weight is 122 g/mol. The van der Waals surface area contributed by atoms with Crippen molar-refractivity contribution in [3.05, 3.63) is 18.2 Å². The minimum absolute atomic E-state index is 0.799. The lowest BCUT2D eigenvalue weighted by Gasteiger charge is -1.71. The van der Waals surface area contributed by atoms with Crippen LogP contribution in [0.2, 0.25) is 0 Å². The molecule has 0 spiro atoms. The molecule has 0 atom stereocenters. The van der Waals surface area contributed by atoms with E-state index in [1.807, 2.05) is 13.1 Å². The quantitative estimate of drug-likeness (QED) is 0.548. The summed E-state index contributed by atoms with van der Waals surface area (Å²) < 4.78 is 1.70. The van der Waals surface area contributed by atoms with Gasteiger partial charge in [0, 0.05) is 5.69 Å². The molecule has 0 fully saturated rings. The fourth-order valence-corrected chi connectivity index (χ4v) is 0.826. The molecule has 2 aromatic rings. The minimum Gasteiger partial charge on any atom is -0.327 e. The highest BCUT2D eigenvalue weighted by atomic mass is 15.3. The average Bonchev–Trinajstić information content (AvgIpc) is 2.22. The molecular formula is C5H6N4. The molecule has 0 aliphatic rings. The van der Waals surface area contributed by atoms with E-state index in [0.29, 0.717) is 0 Å². The summed E-state index contributed by atoms with van der Waals surface area (Å²) in [5.41, 5.74) is 1.07. The lowest BCUT2D eigenvalue weighted by Crippen LogP contribution is -1.76. The smallest absolute Gasteiger partial charge is 0.229 e. The zero-order valence-corrected chi connectivity index (χ0v) is 5.00. The predicted molar refractivity (Wildman–Crippen MR) is 32.1 cm³/mol. The maximum absolute atomic E-state index is 3.94. The van der Waals surface area contributed by atoms with Gasteiger partial charge in [0.15, 0.2) is 0 Å². The van der Waals surface area contributed by atoms with E-state index in [2.05, 4.69) is 15.1 Å². The van der Waals surface area contributed by atoms with Crippen LogP contribution >= 0.6 is 0 Å². The van der Waals surface area contributed by atoms with E-state index in [1.165, 1.54) is 6.33 Å². The third kappa shape index (κ3) is 0.526. The summed E-state index contributed by atoms with van der Waals surface area (Å²) >= 11 is 0. The van der Waals surface area contributed by atoms with Gasteiger partial charge in [0.25, 0.3) is 0 Å². The van der Waals surface area contributed by atoms with Crippen molar-refractivity contribution in [2.75, 3.05) is 0 Å². The molecule has 0 radical (unpaired) electrons. The summed E-state index contributed by atoms with van der Waals surface area (Å²) in [6.45, 7) is 1.97. The maximum atomic E-state index is 3.94. The van der Waals surface area contributed by atoms with Crippen molar-refractivity contribution in [2.24, 2.45) is 0 Å². The van der Waals surface area contributed by atoms with Crippen molar-refractivity contribution in [1.29, 1.82) is 0 Å². The zero-order chi connectivity index (χ0) is 6.27. The molecule has 0 aliphatic carbocycles. The van der Waals surface area contributed by atoms with Gasteiger partial charge >= 0.3 is 0 Å². The Balaban J connectivity index is 2.92. The molecule has 2 rings (SSSR count). The van der Waals surface area contributed by atoms with Crippen LogP contribution in [-0.4, -0.2) is 19.6 Å². The molecule has 0 aliphatic heterocycles. The second kappa shape index (κ2) is 1.34. The van der Waals surface area contributed by atoms with Crippen molar-refractivity contribution >= 4 is 5.78 Å². The van der Waals surface area contributed by atoms with Crippen LogP contribution in [0, 0.1) is 6.92 Å². The van der Waals surface area contributed by atoms with Crippen molar-refractivity contribution in [3.63, 3.8) is 0 Å². The number of aryl methyl sites for hydroxylation is 1. The number of aromatic nitrogens is 4. The van der Waals surface area contributed by atoms with Crippen LogP contribution in [0.25, 0.3) is 5.78 Å². The van der Waals surface area contributed by atoms with Gasteiger partial charge in [-0.25, -0.2) is 4.52 Å². The molecule has 46 valence electrons. The number of nitrogens with zero attached hydrogens (tertiary/aromatic N) is 3. The standard InChI is InChI=1S/C5H6N4/c1-4-2-9-5(8-4)6-3-7-9/h2-3H,1H3,(H,6,7,8). The molecule has 0 unspecified atom stereocenters. The van der Waals surface area contributed by atoms with Gasteiger partial charge in [0.2, 0.25) is 5.78 Å². The number of fused-ring (bicyclic) bond motifs is 1. The number of imidazole rings is 1. The van der Waals surface area contributed by atoms with Crippen LogP contribution in [0.15, 0.2) is 12.5 Å². The Kier molecular flexibility index (Phi) is 0.677. The second-order valence-corrected chi connectivity index (χ2v) is 1.97. The number of aromatic amines is 1. The van der Waals surface area contributed by atoms with Crippen LogP contribution in [0.1, 0.15) is 5.69 Å². The fraction of sp³-hybridized carbons (Fsp3) is 0.200. The number of nitrogens with one attached hydrogen (secondary N) is 1. The van der Waals surface area contributed by atoms with Crippen molar-refractivity contribution in [1.82, 2.24) is 19.6 Å². The molecule has 0 bridgehead atoms. The molecule has 2 aromatic heterocycles. The Morgan fingerprint density at radius 1 is 1.67 bits per heavy atom. The van der Waals surface area contributed by atoms with E-state index in [1.54, 1.807) is 4.52 Å². The molecular weight excluding hydrogens is 116 g/mol. The lowest BCUT2D eigenvalue weighted by atomic mass is 10.6. The summed E-state index contributed by atoms with van der Waals surface area (Å²) in [4.78, 5) is 6.96. The molecule has 4 heteroatoms. The van der Waals surface area contributed by atoms with Gasteiger partial charge in [-0.05, 0) is 6.92 Å². The van der Waals surface area contributed by atoms with Gasteiger partial charge in [-0.2, -0.15) is 10.1 Å². The molecule has 9 heavy (non-hydrogen) atoms. The Hall–Kier alpha value is -1.32. The van der Waals surface area contributed by atoms with E-state index >= 15 is 0 Å². The summed E-state index contributed by atoms with van der Waals surface area (Å²) in [6.07, 6.45) is 3.41. The molecule has 0 aromatic carbocycles. The summed E-state index contributed by atoms with van der Waals surface area (Å²) in [6, 6.07) is 0. The van der Waals surface area contributed by atoms with Gasteiger partial charge in [-0.15, -0.1) is 0 Å². The van der Waals surface area contributed by atoms with Gasteiger partial charge < -0.3 is 4.98 Å². The van der Waals surface area contributed by atoms with E-state index in [0.717, 1.165) is 11.5 Å². The second-order valence-electron chi connectivity index (χ2n) is 1.97. The van der Waals surface area contributed by atoms with Crippen LogP contribution in [-0.2, 0) is 0 Å². The van der Waals surface area contributed by atoms with Gasteiger partial charge in [0.1, 0.15) is 6.33 Å². The highest BCUT2D eigenvalue weighted by Gasteiger charge is 1.94. The van der Waals surface area contributed by atoms with Gasteiger partial charge in [0.05, 0.1) is 6.20 Å². The molecule has 0 amide bonds. The van der Waals surface area contributed by atoms with Crippen LogP contribution in [0.3, 0.4) is 0 Å². The number of rotatable bonds is 0. The van der Waals surface area contributed by atoms with E-state index in [4.69, 9.17) is 0 Å². The van der Waals surface area contributed by atoms with Crippen molar-refractivity contribution in [3.8, 4) is 0 Å². The number of hydrogen-bond donors (Lipinski definition) is 1. The first-order valence-electron chi connectivity index (χ1n) is 2.71. The SMILES string of the molecule is Cc1cn2ncnc2[nH]1. The van der Waals surface area contributed by atoms with E-state index in [9.17, 15) is 0 Å². The fourth-order valence-electron chi connectivity index (χ4n) is 0.826. The highest BCUT2D eigenvalue weighted by molar-refractivity contribution is 5.26. The topological polar surface area (TPSA) is 46.0 Å². The first-order valence-corrected chi connectivity index (χ1v) is 2.71. The molecule has 1 N–H and O–H groups in total. The van der Waals surface area contributed by atoms with Gasteiger partial charge in [-0.1, -0.05) is 0 Å². The van der Waals surface area contributed by atoms with E-state index in [-0.39, 0.29) is 0 Å². The lowest BCUT2D eigenvalue weighted by molar-refractivity contribution is 0.970. The first kappa shape index (κ1) is 4.55. The Morgan fingerprint density at radius 2 is 2.56 bits per heavy atom. The molecule has 2 heterocycles. The number of hydrogen-bond acceptors (Lipinski definition) is 2. The minimum atomic E-state index is 0.799. The maximum Gasteiger partial charge on any atom is 0.229 e. The normalized spacial score (nSPS) is 10.8. The Bertz CT molecular complexity index is 290. The van der Waals surface area contributed by atoms with E-state index < -0.39 is 0 Å². The predicted octanol–water partition coefficient (Wildman–Crippen LogP) is 0.366. The first-order chi connectivity index (χ1) is 4.36. The van der Waals surface area contributed by atoms with Crippen LogP contribution < -0.4 is 0 Å². The molecule has 4 nitrogen and oxygen atoms in total. The molecule has 0 saturated carbocycles. The highest BCUT2D eigenvalue weighted by Crippen LogP contribution is 1.96. The largest absolute Gasteiger partial charge is 0.327 e. The zero-order valence-electron chi connectivity index (χ0n) is 5.00. The Labute approximate surface area is 51.5 Å². The summed E-state index contributed by atoms with van der Waals surface area (Å²) in [5.74, 6) is 0.799. The van der Waals surface area contributed by atoms with Crippen molar-refractivity contribution in [2.45, 2.75) is 6.92 Å².